The van der Waals surface area contributed by atoms with Gasteiger partial charge in [0.2, 0.25) is 5.90 Å². The molecule has 0 N–H and O–H groups in total. The first-order chi connectivity index (χ1) is 12.3. The number of rotatable bonds is 4. The third kappa shape index (κ3) is 3.58. The first-order valence-electron chi connectivity index (χ1n) is 8.95. The number of hydrogen-bond acceptors (Lipinski definition) is 3. The molecule has 25 heavy (non-hydrogen) atoms. The van der Waals surface area contributed by atoms with E-state index >= 15 is 0 Å². The molecule has 0 unspecified atom stereocenters. The summed E-state index contributed by atoms with van der Waals surface area (Å²) in [6.45, 7) is 0.523. The SMILES string of the molecule is O=C1COC(c2ccccc2)=NN1Cc1cccc(C2CCCC2)c1. The molecule has 128 valence electrons. The number of hydrazone groups is 1. The van der Waals surface area contributed by atoms with Gasteiger partial charge in [-0.1, -0.05) is 55.3 Å². The van der Waals surface area contributed by atoms with Gasteiger partial charge >= 0.3 is 0 Å². The van der Waals surface area contributed by atoms with Crippen LogP contribution < -0.4 is 0 Å². The molecule has 4 heteroatoms. The van der Waals surface area contributed by atoms with Gasteiger partial charge in [0.15, 0.2) is 6.61 Å². The van der Waals surface area contributed by atoms with Gasteiger partial charge in [-0.3, -0.25) is 4.79 Å². The maximum absolute atomic E-state index is 12.2. The molecule has 0 spiro atoms. The average molecular weight is 334 g/mol. The number of carbonyl (C=O) groups excluding carboxylic acids is 1. The summed E-state index contributed by atoms with van der Waals surface area (Å²) in [5.74, 6) is 1.07. The zero-order valence-corrected chi connectivity index (χ0v) is 14.2. The summed E-state index contributed by atoms with van der Waals surface area (Å²) in [5.41, 5.74) is 3.40. The van der Waals surface area contributed by atoms with Crippen molar-refractivity contribution < 1.29 is 9.53 Å². The largest absolute Gasteiger partial charge is 0.466 e. The minimum Gasteiger partial charge on any atom is -0.466 e. The number of hydrogen-bond donors (Lipinski definition) is 0. The van der Waals surface area contributed by atoms with Crippen LogP contribution in [0.1, 0.15) is 48.3 Å². The number of carbonyl (C=O) groups is 1. The molecule has 2 aromatic rings. The fraction of sp³-hybridized carbons (Fsp3) is 0.333. The molecule has 1 saturated carbocycles. The van der Waals surface area contributed by atoms with Gasteiger partial charge in [-0.25, -0.2) is 5.01 Å². The average Bonchev–Trinajstić information content (AvgIpc) is 3.19. The molecular weight excluding hydrogens is 312 g/mol. The Kier molecular flexibility index (Phi) is 4.51. The molecule has 0 atom stereocenters. The van der Waals surface area contributed by atoms with Gasteiger partial charge in [0.1, 0.15) is 0 Å². The lowest BCUT2D eigenvalue weighted by molar-refractivity contribution is -0.136. The highest BCUT2D eigenvalue weighted by atomic mass is 16.5. The third-order valence-electron chi connectivity index (χ3n) is 4.96. The molecule has 4 nitrogen and oxygen atoms in total. The zero-order valence-electron chi connectivity index (χ0n) is 14.2. The van der Waals surface area contributed by atoms with Gasteiger partial charge in [-0.05, 0) is 42.0 Å². The van der Waals surface area contributed by atoms with E-state index in [0.717, 1.165) is 11.1 Å². The number of amides is 1. The maximum atomic E-state index is 12.2. The summed E-state index contributed by atoms with van der Waals surface area (Å²) in [4.78, 5) is 12.2. The highest BCUT2D eigenvalue weighted by Gasteiger charge is 2.23. The van der Waals surface area contributed by atoms with Crippen LogP contribution in [0.3, 0.4) is 0 Å². The normalized spacial score (nSPS) is 18.2. The van der Waals surface area contributed by atoms with Gasteiger partial charge in [0, 0.05) is 5.56 Å². The van der Waals surface area contributed by atoms with Crippen molar-refractivity contribution in [2.24, 2.45) is 5.10 Å². The lowest BCUT2D eigenvalue weighted by atomic mass is 9.96. The second kappa shape index (κ2) is 7.09. The van der Waals surface area contributed by atoms with E-state index in [1.807, 2.05) is 30.3 Å². The summed E-state index contributed by atoms with van der Waals surface area (Å²) >= 11 is 0. The van der Waals surface area contributed by atoms with Crippen LogP contribution in [0.5, 0.6) is 0 Å². The van der Waals surface area contributed by atoms with E-state index in [4.69, 9.17) is 4.74 Å². The van der Waals surface area contributed by atoms with Crippen LogP contribution in [-0.4, -0.2) is 23.4 Å². The molecule has 1 heterocycles. The van der Waals surface area contributed by atoms with E-state index in [1.165, 1.54) is 36.3 Å². The van der Waals surface area contributed by atoms with E-state index in [1.54, 1.807) is 0 Å². The van der Waals surface area contributed by atoms with Crippen molar-refractivity contribution in [3.05, 3.63) is 71.3 Å². The van der Waals surface area contributed by atoms with E-state index in [9.17, 15) is 4.79 Å². The molecule has 1 aliphatic heterocycles. The van der Waals surface area contributed by atoms with E-state index in [0.29, 0.717) is 18.4 Å². The molecule has 0 saturated heterocycles. The summed E-state index contributed by atoms with van der Waals surface area (Å²) in [5, 5.41) is 5.96. The predicted octanol–water partition coefficient (Wildman–Crippen LogP) is 4.06. The minimum absolute atomic E-state index is 0.0377. The highest BCUT2D eigenvalue weighted by Crippen LogP contribution is 2.34. The zero-order chi connectivity index (χ0) is 17.1. The van der Waals surface area contributed by atoms with Crippen LogP contribution >= 0.6 is 0 Å². The van der Waals surface area contributed by atoms with Gasteiger partial charge in [0.05, 0.1) is 6.54 Å². The second-order valence-electron chi connectivity index (χ2n) is 6.74. The van der Waals surface area contributed by atoms with Crippen LogP contribution in [-0.2, 0) is 16.1 Å². The molecule has 1 aliphatic carbocycles. The smallest absolute Gasteiger partial charge is 0.281 e. The molecule has 0 bridgehead atoms. The quantitative estimate of drug-likeness (QED) is 0.846. The highest BCUT2D eigenvalue weighted by molar-refractivity contribution is 5.97. The van der Waals surface area contributed by atoms with E-state index < -0.39 is 0 Å². The Morgan fingerprint density at radius 1 is 1.04 bits per heavy atom. The summed E-state index contributed by atoms with van der Waals surface area (Å²) in [7, 11) is 0. The number of benzene rings is 2. The molecule has 2 aromatic carbocycles. The monoisotopic (exact) mass is 334 g/mol. The standard InChI is InChI=1S/C21H22N2O2/c24-20-15-25-21(18-10-2-1-3-11-18)22-23(20)14-16-7-6-12-19(13-16)17-8-4-5-9-17/h1-3,6-7,10-13,17H,4-5,8-9,14-15H2. The van der Waals surface area contributed by atoms with Crippen LogP contribution in [0, 0.1) is 0 Å². The summed E-state index contributed by atoms with van der Waals surface area (Å²) < 4.78 is 5.51. The van der Waals surface area contributed by atoms with Crippen LogP contribution in [0.15, 0.2) is 59.7 Å². The van der Waals surface area contributed by atoms with E-state index in [2.05, 4.69) is 29.4 Å². The summed E-state index contributed by atoms with van der Waals surface area (Å²) in [6, 6.07) is 18.3. The minimum atomic E-state index is -0.106. The Morgan fingerprint density at radius 3 is 2.64 bits per heavy atom. The van der Waals surface area contributed by atoms with Gasteiger partial charge in [-0.15, -0.1) is 5.10 Å². The Balaban J connectivity index is 1.54. The van der Waals surface area contributed by atoms with Crippen molar-refractivity contribution in [3.63, 3.8) is 0 Å². The van der Waals surface area contributed by atoms with Gasteiger partial charge in [-0.2, -0.15) is 0 Å². The first kappa shape index (κ1) is 15.9. The lowest BCUT2D eigenvalue weighted by Gasteiger charge is -2.24. The fourth-order valence-electron chi connectivity index (χ4n) is 3.62. The van der Waals surface area contributed by atoms with Gasteiger partial charge in [0.25, 0.3) is 5.91 Å². The topological polar surface area (TPSA) is 41.9 Å². The first-order valence-corrected chi connectivity index (χ1v) is 8.95. The third-order valence-corrected chi connectivity index (χ3v) is 4.96. The molecule has 1 fully saturated rings. The van der Waals surface area contributed by atoms with E-state index in [-0.39, 0.29) is 12.5 Å². The van der Waals surface area contributed by atoms with Crippen LogP contribution in [0.2, 0.25) is 0 Å². The molecular formula is C21H22N2O2. The predicted molar refractivity (Wildman–Crippen MR) is 97.1 cm³/mol. The molecule has 1 amide bonds. The molecule has 0 radical (unpaired) electrons. The van der Waals surface area contributed by atoms with Crippen molar-refractivity contribution in [1.29, 1.82) is 0 Å². The molecule has 2 aliphatic rings. The summed E-state index contributed by atoms with van der Waals surface area (Å²) in [6.07, 6.45) is 5.19. The van der Waals surface area contributed by atoms with Crippen molar-refractivity contribution in [2.75, 3.05) is 6.61 Å². The van der Waals surface area contributed by atoms with Crippen molar-refractivity contribution in [3.8, 4) is 0 Å². The fourth-order valence-corrected chi connectivity index (χ4v) is 3.62. The Bertz CT molecular complexity index is 779. The van der Waals surface area contributed by atoms with Crippen LogP contribution in [0.25, 0.3) is 0 Å². The molecule has 4 rings (SSSR count). The van der Waals surface area contributed by atoms with Gasteiger partial charge < -0.3 is 4.74 Å². The Labute approximate surface area is 148 Å². The van der Waals surface area contributed by atoms with Crippen molar-refractivity contribution in [2.45, 2.75) is 38.1 Å². The maximum Gasteiger partial charge on any atom is 0.281 e. The number of nitrogens with zero attached hydrogens (tertiary/aromatic N) is 2. The second-order valence-corrected chi connectivity index (χ2v) is 6.74. The molecule has 0 aromatic heterocycles. The van der Waals surface area contributed by atoms with Crippen molar-refractivity contribution in [1.82, 2.24) is 5.01 Å². The Morgan fingerprint density at radius 2 is 1.84 bits per heavy atom. The lowest BCUT2D eigenvalue weighted by Crippen LogP contribution is -2.36. The number of ether oxygens (including phenoxy) is 1. The Hall–Kier alpha value is -2.62. The van der Waals surface area contributed by atoms with Crippen molar-refractivity contribution >= 4 is 11.8 Å². The van der Waals surface area contributed by atoms with Crippen LogP contribution in [0.4, 0.5) is 0 Å².